The van der Waals surface area contributed by atoms with E-state index in [2.05, 4.69) is 69.3 Å². The molecule has 1 N–H and O–H groups in total. The third kappa shape index (κ3) is 5.45. The molecule has 0 radical (unpaired) electrons. The molecule has 3 aliphatic heterocycles. The summed E-state index contributed by atoms with van der Waals surface area (Å²) in [6.07, 6.45) is 6.12. The number of hydrogen-bond donors (Lipinski definition) is 1. The molecule has 3 aliphatic rings. The van der Waals surface area contributed by atoms with Crippen molar-refractivity contribution in [3.05, 3.63) is 59.2 Å². The number of rotatable bonds is 5. The van der Waals surface area contributed by atoms with Crippen molar-refractivity contribution in [1.82, 2.24) is 30.0 Å². The standard InChI is InChI=1S/C30H44N6O/c1-22-20-35(17-18-36(22)28(25-9-6-5-7-10-25)26-11-8-14-31-19-26)30(4)12-15-34(16-13-30)29(37)27-23(2)32-21-33-24(27)3/h5-7,9-10,21-22,26,28,31H,8,11-20H2,1-4H3/t22-,26?,28?/m0/s1. The third-order valence-electron chi connectivity index (χ3n) is 9.29. The molecule has 4 heterocycles. The van der Waals surface area contributed by atoms with E-state index in [9.17, 15) is 4.79 Å². The van der Waals surface area contributed by atoms with E-state index in [0.717, 1.165) is 70.0 Å². The van der Waals surface area contributed by atoms with Crippen LogP contribution in [-0.4, -0.2) is 88.0 Å². The third-order valence-corrected chi connectivity index (χ3v) is 9.29. The van der Waals surface area contributed by atoms with E-state index in [4.69, 9.17) is 0 Å². The van der Waals surface area contributed by atoms with Gasteiger partial charge in [0.05, 0.1) is 17.0 Å². The van der Waals surface area contributed by atoms with Crippen LogP contribution in [-0.2, 0) is 0 Å². The van der Waals surface area contributed by atoms with Gasteiger partial charge in [-0.1, -0.05) is 30.3 Å². The first-order valence-electron chi connectivity index (χ1n) is 14.2. The highest BCUT2D eigenvalue weighted by Crippen LogP contribution is 2.38. The number of piperazine rings is 1. The number of nitrogens with zero attached hydrogens (tertiary/aromatic N) is 5. The highest BCUT2D eigenvalue weighted by molar-refractivity contribution is 5.96. The average molecular weight is 505 g/mol. The average Bonchev–Trinajstić information content (AvgIpc) is 2.91. The Hall–Kier alpha value is -2.35. The number of aryl methyl sites for hydroxylation is 2. The lowest BCUT2D eigenvalue weighted by Gasteiger charge is -2.54. The molecule has 1 amide bonds. The largest absolute Gasteiger partial charge is 0.338 e. The van der Waals surface area contributed by atoms with Crippen LogP contribution in [0.5, 0.6) is 0 Å². The number of aromatic nitrogens is 2. The minimum absolute atomic E-state index is 0.0858. The molecule has 1 aromatic carbocycles. The second-order valence-corrected chi connectivity index (χ2v) is 11.7. The molecule has 0 saturated carbocycles. The Morgan fingerprint density at radius 1 is 1.05 bits per heavy atom. The minimum atomic E-state index is 0.0858. The van der Waals surface area contributed by atoms with Crippen molar-refractivity contribution in [2.75, 3.05) is 45.8 Å². The summed E-state index contributed by atoms with van der Waals surface area (Å²) in [5.74, 6) is 0.742. The molecule has 0 spiro atoms. The fraction of sp³-hybridized carbons (Fsp3) is 0.633. The SMILES string of the molecule is Cc1ncnc(C)c1C(=O)N1CCC(C)(N2CCN(C(c3ccccc3)C3CCCNC3)[C@@H](C)C2)CC1. The Morgan fingerprint density at radius 3 is 2.38 bits per heavy atom. The highest BCUT2D eigenvalue weighted by Gasteiger charge is 2.42. The van der Waals surface area contributed by atoms with Crippen LogP contribution in [0.2, 0.25) is 0 Å². The molecule has 3 fully saturated rings. The van der Waals surface area contributed by atoms with Crippen molar-refractivity contribution in [3.63, 3.8) is 0 Å². The zero-order valence-electron chi connectivity index (χ0n) is 23.1. The number of carbonyl (C=O) groups is 1. The van der Waals surface area contributed by atoms with Gasteiger partial charge in [0.1, 0.15) is 6.33 Å². The molecule has 3 saturated heterocycles. The predicted molar refractivity (Wildman–Crippen MR) is 148 cm³/mol. The van der Waals surface area contributed by atoms with Crippen LogP contribution >= 0.6 is 0 Å². The maximum atomic E-state index is 13.3. The Kier molecular flexibility index (Phi) is 7.93. The molecule has 0 aliphatic carbocycles. The van der Waals surface area contributed by atoms with E-state index in [1.54, 1.807) is 6.33 Å². The first-order chi connectivity index (χ1) is 17.9. The van der Waals surface area contributed by atoms with Gasteiger partial charge in [0.15, 0.2) is 0 Å². The second-order valence-electron chi connectivity index (χ2n) is 11.7. The van der Waals surface area contributed by atoms with E-state index in [1.165, 1.54) is 18.4 Å². The number of piperidine rings is 2. The molecule has 3 atom stereocenters. The van der Waals surface area contributed by atoms with Gasteiger partial charge in [-0.15, -0.1) is 0 Å². The number of hydrogen-bond acceptors (Lipinski definition) is 6. The van der Waals surface area contributed by atoms with Crippen LogP contribution in [0.1, 0.15) is 72.9 Å². The summed E-state index contributed by atoms with van der Waals surface area (Å²) >= 11 is 0. The van der Waals surface area contributed by atoms with Gasteiger partial charge in [-0.2, -0.15) is 0 Å². The Morgan fingerprint density at radius 2 is 1.76 bits per heavy atom. The normalized spacial score (nSPS) is 26.1. The minimum Gasteiger partial charge on any atom is -0.338 e. The molecule has 37 heavy (non-hydrogen) atoms. The van der Waals surface area contributed by atoms with Crippen LogP contribution in [0.25, 0.3) is 0 Å². The number of benzene rings is 1. The molecule has 200 valence electrons. The van der Waals surface area contributed by atoms with Crippen LogP contribution in [0.15, 0.2) is 36.7 Å². The topological polar surface area (TPSA) is 64.6 Å². The summed E-state index contributed by atoms with van der Waals surface area (Å²) in [6, 6.07) is 12.1. The summed E-state index contributed by atoms with van der Waals surface area (Å²) in [5.41, 5.74) is 3.82. The monoisotopic (exact) mass is 504 g/mol. The Labute approximate surface area is 222 Å². The van der Waals surface area contributed by atoms with Crippen LogP contribution in [0.3, 0.4) is 0 Å². The van der Waals surface area contributed by atoms with Crippen molar-refractivity contribution >= 4 is 5.91 Å². The van der Waals surface area contributed by atoms with E-state index >= 15 is 0 Å². The molecular weight excluding hydrogens is 460 g/mol. The van der Waals surface area contributed by atoms with Gasteiger partial charge in [0, 0.05) is 50.3 Å². The molecule has 2 unspecified atom stereocenters. The maximum absolute atomic E-state index is 13.3. The van der Waals surface area contributed by atoms with E-state index in [-0.39, 0.29) is 11.4 Å². The van der Waals surface area contributed by atoms with Gasteiger partial charge in [-0.3, -0.25) is 14.6 Å². The maximum Gasteiger partial charge on any atom is 0.257 e. The Balaban J connectivity index is 1.24. The first kappa shape index (κ1) is 26.3. The fourth-order valence-corrected chi connectivity index (χ4v) is 6.98. The van der Waals surface area contributed by atoms with Crippen LogP contribution in [0.4, 0.5) is 0 Å². The number of nitrogens with one attached hydrogen (secondary N) is 1. The zero-order chi connectivity index (χ0) is 26.0. The lowest BCUT2D eigenvalue weighted by Crippen LogP contribution is -2.63. The van der Waals surface area contributed by atoms with Crippen molar-refractivity contribution in [2.45, 2.75) is 71.0 Å². The van der Waals surface area contributed by atoms with Crippen molar-refractivity contribution in [3.8, 4) is 0 Å². The molecule has 0 bridgehead atoms. The summed E-state index contributed by atoms with van der Waals surface area (Å²) in [6.45, 7) is 15.7. The van der Waals surface area contributed by atoms with Gasteiger partial charge >= 0.3 is 0 Å². The van der Waals surface area contributed by atoms with E-state index < -0.39 is 0 Å². The summed E-state index contributed by atoms with van der Waals surface area (Å²) in [7, 11) is 0. The quantitative estimate of drug-likeness (QED) is 0.668. The van der Waals surface area contributed by atoms with Crippen LogP contribution < -0.4 is 5.32 Å². The van der Waals surface area contributed by atoms with Gasteiger partial charge in [0.2, 0.25) is 0 Å². The van der Waals surface area contributed by atoms with Gasteiger partial charge in [-0.05, 0) is 77.9 Å². The fourth-order valence-electron chi connectivity index (χ4n) is 6.98. The number of carbonyl (C=O) groups excluding carboxylic acids is 1. The van der Waals surface area contributed by atoms with Crippen molar-refractivity contribution in [1.29, 1.82) is 0 Å². The number of likely N-dealkylation sites (tertiary alicyclic amines) is 1. The summed E-state index contributed by atoms with van der Waals surface area (Å²) < 4.78 is 0. The first-order valence-corrected chi connectivity index (χ1v) is 14.2. The Bertz CT molecular complexity index is 1040. The zero-order valence-corrected chi connectivity index (χ0v) is 23.1. The lowest BCUT2D eigenvalue weighted by atomic mass is 9.83. The van der Waals surface area contributed by atoms with Crippen molar-refractivity contribution in [2.24, 2.45) is 5.92 Å². The highest BCUT2D eigenvalue weighted by atomic mass is 16.2. The predicted octanol–water partition coefficient (Wildman–Crippen LogP) is 3.84. The lowest BCUT2D eigenvalue weighted by molar-refractivity contribution is -0.0403. The smallest absolute Gasteiger partial charge is 0.257 e. The molecule has 2 aromatic rings. The number of amides is 1. The second kappa shape index (κ2) is 11.2. The van der Waals surface area contributed by atoms with Gasteiger partial charge < -0.3 is 10.2 Å². The molecule has 1 aromatic heterocycles. The molecule has 7 heteroatoms. The summed E-state index contributed by atoms with van der Waals surface area (Å²) in [4.78, 5) is 29.4. The van der Waals surface area contributed by atoms with Gasteiger partial charge in [-0.25, -0.2) is 9.97 Å². The van der Waals surface area contributed by atoms with Crippen LogP contribution in [0, 0.1) is 19.8 Å². The molecule has 5 rings (SSSR count). The van der Waals surface area contributed by atoms with E-state index in [1.807, 2.05) is 18.7 Å². The summed E-state index contributed by atoms with van der Waals surface area (Å²) in [5, 5.41) is 3.66. The van der Waals surface area contributed by atoms with Gasteiger partial charge in [0.25, 0.3) is 5.91 Å². The molecular formula is C30H44N6O. The molecule has 7 nitrogen and oxygen atoms in total. The van der Waals surface area contributed by atoms with E-state index in [0.29, 0.717) is 23.6 Å². The van der Waals surface area contributed by atoms with Crippen molar-refractivity contribution < 1.29 is 4.79 Å².